The largest absolute Gasteiger partial charge is 0.357 e. The van der Waals surface area contributed by atoms with Crippen molar-refractivity contribution in [2.24, 2.45) is 4.99 Å². The van der Waals surface area contributed by atoms with Gasteiger partial charge in [-0.1, -0.05) is 13.0 Å². The second kappa shape index (κ2) is 10.4. The zero-order chi connectivity index (χ0) is 17.2. The van der Waals surface area contributed by atoms with Gasteiger partial charge in [0, 0.05) is 56.0 Å². The number of hydrogen-bond donors (Lipinski definition) is 1. The van der Waals surface area contributed by atoms with E-state index in [1.165, 1.54) is 12.2 Å². The first-order valence-corrected chi connectivity index (χ1v) is 10.1. The quantitative estimate of drug-likeness (QED) is 0.466. The molecular formula is C18H30N4OS. The molecule has 1 fully saturated rings. The third kappa shape index (κ3) is 5.89. The molecule has 1 aliphatic heterocycles. The van der Waals surface area contributed by atoms with Gasteiger partial charge in [-0.25, -0.2) is 0 Å². The van der Waals surface area contributed by atoms with E-state index in [1.807, 2.05) is 12.3 Å². The zero-order valence-corrected chi connectivity index (χ0v) is 15.7. The molecule has 1 saturated heterocycles. The highest BCUT2D eigenvalue weighted by Gasteiger charge is 2.21. The Hall–Kier alpha value is -1.43. The average Bonchev–Trinajstić information content (AvgIpc) is 2.62. The van der Waals surface area contributed by atoms with Gasteiger partial charge in [0.15, 0.2) is 5.96 Å². The number of thioether (sulfide) groups is 1. The van der Waals surface area contributed by atoms with E-state index in [2.05, 4.69) is 35.8 Å². The molecule has 0 aliphatic carbocycles. The summed E-state index contributed by atoms with van der Waals surface area (Å²) in [5.41, 5.74) is 0.0748. The van der Waals surface area contributed by atoms with Crippen LogP contribution in [0.1, 0.15) is 33.1 Å². The Morgan fingerprint density at radius 1 is 1.38 bits per heavy atom. The maximum absolute atomic E-state index is 11.7. The summed E-state index contributed by atoms with van der Waals surface area (Å²) in [6.45, 7) is 9.02. The first-order chi connectivity index (χ1) is 11.7. The van der Waals surface area contributed by atoms with Gasteiger partial charge >= 0.3 is 0 Å². The van der Waals surface area contributed by atoms with Crippen LogP contribution in [0.5, 0.6) is 0 Å². The molecule has 1 aromatic heterocycles. The maximum Gasteiger partial charge on any atom is 0.250 e. The molecule has 1 atom stereocenters. The van der Waals surface area contributed by atoms with Crippen molar-refractivity contribution in [3.05, 3.63) is 34.7 Å². The molecule has 6 heteroatoms. The Morgan fingerprint density at radius 2 is 2.25 bits per heavy atom. The Bertz CT molecular complexity index is 572. The van der Waals surface area contributed by atoms with Crippen molar-refractivity contribution in [3.63, 3.8) is 0 Å². The van der Waals surface area contributed by atoms with E-state index in [0.717, 1.165) is 51.5 Å². The van der Waals surface area contributed by atoms with Crippen LogP contribution in [0.15, 0.2) is 34.2 Å². The van der Waals surface area contributed by atoms with Gasteiger partial charge in [-0.05, 0) is 32.3 Å². The van der Waals surface area contributed by atoms with Gasteiger partial charge in [0.2, 0.25) is 5.56 Å². The molecule has 1 aromatic rings. The number of hydrogen-bond acceptors (Lipinski definition) is 3. The molecule has 0 aromatic carbocycles. The van der Waals surface area contributed by atoms with Crippen LogP contribution in [-0.4, -0.2) is 52.6 Å². The van der Waals surface area contributed by atoms with Crippen molar-refractivity contribution >= 4 is 17.7 Å². The molecule has 1 aliphatic rings. The molecule has 24 heavy (non-hydrogen) atoms. The average molecular weight is 351 g/mol. The number of guanidine groups is 1. The minimum absolute atomic E-state index is 0.0748. The van der Waals surface area contributed by atoms with Crippen LogP contribution in [0.4, 0.5) is 0 Å². The fraction of sp³-hybridized carbons (Fsp3) is 0.667. The van der Waals surface area contributed by atoms with Crippen LogP contribution in [0.2, 0.25) is 0 Å². The van der Waals surface area contributed by atoms with E-state index in [1.54, 1.807) is 16.7 Å². The lowest BCUT2D eigenvalue weighted by atomic mass is 10.3. The van der Waals surface area contributed by atoms with Crippen molar-refractivity contribution in [1.82, 2.24) is 14.8 Å². The van der Waals surface area contributed by atoms with Crippen molar-refractivity contribution in [1.29, 1.82) is 0 Å². The first-order valence-electron chi connectivity index (χ1n) is 9.05. The molecule has 5 nitrogen and oxygen atoms in total. The van der Waals surface area contributed by atoms with Crippen molar-refractivity contribution < 1.29 is 0 Å². The SMILES string of the molecule is CCNC(=NCCCCn1ccccc1=O)N1CCSC(CC)C1. The van der Waals surface area contributed by atoms with Gasteiger partial charge in [0.1, 0.15) is 0 Å². The summed E-state index contributed by atoms with van der Waals surface area (Å²) in [5, 5.41) is 4.14. The lowest BCUT2D eigenvalue weighted by Crippen LogP contribution is -2.48. The van der Waals surface area contributed by atoms with Crippen LogP contribution >= 0.6 is 11.8 Å². The summed E-state index contributed by atoms with van der Waals surface area (Å²) < 4.78 is 1.77. The molecule has 2 rings (SSSR count). The summed E-state index contributed by atoms with van der Waals surface area (Å²) >= 11 is 2.08. The van der Waals surface area contributed by atoms with Crippen LogP contribution in [0, 0.1) is 0 Å². The second-order valence-electron chi connectivity index (χ2n) is 6.02. The molecule has 0 saturated carbocycles. The Balaban J connectivity index is 1.80. The summed E-state index contributed by atoms with van der Waals surface area (Å²) in [5.74, 6) is 2.23. The number of nitrogens with one attached hydrogen (secondary N) is 1. The summed E-state index contributed by atoms with van der Waals surface area (Å²) in [7, 11) is 0. The molecule has 0 bridgehead atoms. The monoisotopic (exact) mass is 350 g/mol. The second-order valence-corrected chi connectivity index (χ2v) is 7.43. The van der Waals surface area contributed by atoms with E-state index < -0.39 is 0 Å². The number of unbranched alkanes of at least 4 members (excludes halogenated alkanes) is 1. The summed E-state index contributed by atoms with van der Waals surface area (Å²) in [6, 6.07) is 5.30. The highest BCUT2D eigenvalue weighted by Crippen LogP contribution is 2.21. The van der Waals surface area contributed by atoms with E-state index in [-0.39, 0.29) is 5.56 Å². The van der Waals surface area contributed by atoms with E-state index >= 15 is 0 Å². The Morgan fingerprint density at radius 3 is 3.00 bits per heavy atom. The lowest BCUT2D eigenvalue weighted by Gasteiger charge is -2.34. The van der Waals surface area contributed by atoms with Crippen LogP contribution < -0.4 is 10.9 Å². The lowest BCUT2D eigenvalue weighted by molar-refractivity contribution is 0.408. The highest BCUT2D eigenvalue weighted by atomic mass is 32.2. The molecule has 1 N–H and O–H groups in total. The van der Waals surface area contributed by atoms with Gasteiger partial charge in [-0.3, -0.25) is 9.79 Å². The number of rotatable bonds is 7. The number of nitrogens with zero attached hydrogens (tertiary/aromatic N) is 3. The molecule has 0 amide bonds. The van der Waals surface area contributed by atoms with Gasteiger partial charge in [-0.2, -0.15) is 11.8 Å². The van der Waals surface area contributed by atoms with Gasteiger partial charge in [-0.15, -0.1) is 0 Å². The molecule has 134 valence electrons. The van der Waals surface area contributed by atoms with Crippen molar-refractivity contribution in [3.8, 4) is 0 Å². The molecule has 1 unspecified atom stereocenters. The molecule has 0 spiro atoms. The summed E-state index contributed by atoms with van der Waals surface area (Å²) in [4.78, 5) is 18.9. The summed E-state index contributed by atoms with van der Waals surface area (Å²) in [6.07, 6.45) is 5.04. The molecule has 2 heterocycles. The minimum Gasteiger partial charge on any atom is -0.357 e. The predicted octanol–water partition coefficient (Wildman–Crippen LogP) is 2.42. The van der Waals surface area contributed by atoms with Crippen LogP contribution in [-0.2, 0) is 6.54 Å². The normalized spacial score (nSPS) is 18.7. The highest BCUT2D eigenvalue weighted by molar-refractivity contribution is 8.00. The number of aliphatic imine (C=N–C) groups is 1. The van der Waals surface area contributed by atoms with Crippen LogP contribution in [0.25, 0.3) is 0 Å². The Kier molecular flexibility index (Phi) is 8.22. The standard InChI is InChI=1S/C18H30N4OS/c1-3-16-15-22(13-14-24-16)18(19-4-2)20-10-6-8-12-21-11-7-5-9-17(21)23/h5,7,9,11,16H,3-4,6,8,10,12-15H2,1-2H3,(H,19,20). The molecular weight excluding hydrogens is 320 g/mol. The third-order valence-electron chi connectivity index (χ3n) is 4.20. The zero-order valence-electron chi connectivity index (χ0n) is 14.9. The Labute approximate surface area is 149 Å². The van der Waals surface area contributed by atoms with E-state index in [4.69, 9.17) is 4.99 Å². The van der Waals surface area contributed by atoms with Gasteiger partial charge < -0.3 is 14.8 Å². The van der Waals surface area contributed by atoms with Gasteiger partial charge in [0.05, 0.1) is 0 Å². The molecule has 0 radical (unpaired) electrons. The third-order valence-corrected chi connectivity index (χ3v) is 5.57. The maximum atomic E-state index is 11.7. The van der Waals surface area contributed by atoms with E-state index in [0.29, 0.717) is 5.25 Å². The fourth-order valence-corrected chi connectivity index (χ4v) is 3.99. The predicted molar refractivity (Wildman–Crippen MR) is 104 cm³/mol. The van der Waals surface area contributed by atoms with E-state index in [9.17, 15) is 4.79 Å². The number of aryl methyl sites for hydroxylation is 1. The first kappa shape index (κ1) is 18.9. The fourth-order valence-electron chi connectivity index (χ4n) is 2.81. The number of aromatic nitrogens is 1. The number of pyridine rings is 1. The topological polar surface area (TPSA) is 49.6 Å². The van der Waals surface area contributed by atoms with Gasteiger partial charge in [0.25, 0.3) is 0 Å². The smallest absolute Gasteiger partial charge is 0.250 e. The van der Waals surface area contributed by atoms with Crippen LogP contribution in [0.3, 0.4) is 0 Å². The van der Waals surface area contributed by atoms with Crippen molar-refractivity contribution in [2.75, 3.05) is 31.9 Å². The van der Waals surface area contributed by atoms with Crippen molar-refractivity contribution in [2.45, 2.75) is 44.9 Å². The minimum atomic E-state index is 0.0748.